The van der Waals surface area contributed by atoms with Gasteiger partial charge in [-0.2, -0.15) is 0 Å². The molecule has 3 rings (SSSR count). The fraction of sp³-hybridized carbons (Fsp3) is 0.0526. The van der Waals surface area contributed by atoms with E-state index in [0.29, 0.717) is 16.8 Å². The SMILES string of the molecule is C=C1C(F)=CC(c2ccccc2)=C(c2ccccc2F)N1C. The summed E-state index contributed by atoms with van der Waals surface area (Å²) in [4.78, 5) is 1.59. The Morgan fingerprint density at radius 3 is 2.23 bits per heavy atom. The van der Waals surface area contributed by atoms with Gasteiger partial charge in [-0.15, -0.1) is 0 Å². The Balaban J connectivity index is 2.31. The van der Waals surface area contributed by atoms with Crippen molar-refractivity contribution in [3.63, 3.8) is 0 Å². The normalized spacial score (nSPS) is 15.1. The van der Waals surface area contributed by atoms with Gasteiger partial charge in [-0.05, 0) is 23.8 Å². The molecule has 0 N–H and O–H groups in total. The van der Waals surface area contributed by atoms with Gasteiger partial charge in [0.2, 0.25) is 0 Å². The van der Waals surface area contributed by atoms with Gasteiger partial charge in [0.05, 0.1) is 11.4 Å². The molecule has 2 aromatic rings. The molecule has 1 heterocycles. The molecule has 1 nitrogen and oxygen atoms in total. The Kier molecular flexibility index (Phi) is 3.63. The van der Waals surface area contributed by atoms with Gasteiger partial charge in [-0.1, -0.05) is 49.0 Å². The maximum Gasteiger partial charge on any atom is 0.146 e. The van der Waals surface area contributed by atoms with Crippen LogP contribution in [0.2, 0.25) is 0 Å². The highest BCUT2D eigenvalue weighted by molar-refractivity contribution is 5.97. The van der Waals surface area contributed by atoms with Crippen molar-refractivity contribution < 1.29 is 8.78 Å². The topological polar surface area (TPSA) is 3.24 Å². The van der Waals surface area contributed by atoms with Crippen LogP contribution in [0, 0.1) is 5.82 Å². The van der Waals surface area contributed by atoms with Crippen LogP contribution in [0.15, 0.2) is 78.8 Å². The number of allylic oxidation sites excluding steroid dienone is 3. The predicted octanol–water partition coefficient (Wildman–Crippen LogP) is 5.01. The Morgan fingerprint density at radius 1 is 0.909 bits per heavy atom. The van der Waals surface area contributed by atoms with Crippen LogP contribution in [0.1, 0.15) is 11.1 Å². The predicted molar refractivity (Wildman–Crippen MR) is 85.8 cm³/mol. The Hall–Kier alpha value is -2.68. The summed E-state index contributed by atoms with van der Waals surface area (Å²) >= 11 is 0. The number of hydrogen-bond donors (Lipinski definition) is 0. The molecule has 0 unspecified atom stereocenters. The van der Waals surface area contributed by atoms with Gasteiger partial charge in [0.25, 0.3) is 0 Å². The number of benzene rings is 2. The molecule has 0 aliphatic carbocycles. The zero-order valence-electron chi connectivity index (χ0n) is 12.2. The summed E-state index contributed by atoms with van der Waals surface area (Å²) in [6.45, 7) is 3.74. The van der Waals surface area contributed by atoms with E-state index in [4.69, 9.17) is 0 Å². The highest BCUT2D eigenvalue weighted by atomic mass is 19.1. The molecule has 110 valence electrons. The third kappa shape index (κ3) is 2.35. The molecule has 2 aromatic carbocycles. The molecule has 1 aliphatic heterocycles. The second-order valence-electron chi connectivity index (χ2n) is 5.11. The molecule has 0 radical (unpaired) electrons. The molecule has 0 amide bonds. The summed E-state index contributed by atoms with van der Waals surface area (Å²) in [6.07, 6.45) is 1.42. The lowest BCUT2D eigenvalue weighted by molar-refractivity contribution is 0.524. The van der Waals surface area contributed by atoms with E-state index in [9.17, 15) is 8.78 Å². The number of nitrogens with zero attached hydrogens (tertiary/aromatic N) is 1. The van der Waals surface area contributed by atoms with E-state index in [1.807, 2.05) is 30.3 Å². The van der Waals surface area contributed by atoms with E-state index in [2.05, 4.69) is 6.58 Å². The molecule has 0 saturated carbocycles. The molecule has 0 saturated heterocycles. The average molecular weight is 295 g/mol. The van der Waals surface area contributed by atoms with Crippen molar-refractivity contribution >= 4 is 11.3 Å². The Bertz CT molecular complexity index is 788. The fourth-order valence-corrected chi connectivity index (χ4v) is 2.57. The second kappa shape index (κ2) is 5.60. The van der Waals surface area contributed by atoms with Gasteiger partial charge in [-0.3, -0.25) is 0 Å². The van der Waals surface area contributed by atoms with Crippen LogP contribution in [0.25, 0.3) is 11.3 Å². The molecule has 0 atom stereocenters. The van der Waals surface area contributed by atoms with Gasteiger partial charge >= 0.3 is 0 Å². The van der Waals surface area contributed by atoms with Gasteiger partial charge in [0.1, 0.15) is 11.6 Å². The summed E-state index contributed by atoms with van der Waals surface area (Å²) in [7, 11) is 1.69. The van der Waals surface area contributed by atoms with Crippen molar-refractivity contribution in [3.05, 3.63) is 95.7 Å². The van der Waals surface area contributed by atoms with Gasteiger partial charge in [0, 0.05) is 18.2 Å². The summed E-state index contributed by atoms with van der Waals surface area (Å²) in [6, 6.07) is 15.9. The third-order valence-corrected chi connectivity index (χ3v) is 3.76. The summed E-state index contributed by atoms with van der Waals surface area (Å²) in [5.41, 5.74) is 2.72. The van der Waals surface area contributed by atoms with E-state index in [0.717, 1.165) is 5.56 Å². The van der Waals surface area contributed by atoms with E-state index < -0.39 is 5.83 Å². The lowest BCUT2D eigenvalue weighted by Crippen LogP contribution is -2.21. The van der Waals surface area contributed by atoms with Crippen molar-refractivity contribution in [2.24, 2.45) is 0 Å². The summed E-state index contributed by atoms with van der Waals surface area (Å²) in [5, 5.41) is 0. The summed E-state index contributed by atoms with van der Waals surface area (Å²) < 4.78 is 28.4. The minimum absolute atomic E-state index is 0.220. The van der Waals surface area contributed by atoms with E-state index in [-0.39, 0.29) is 11.5 Å². The first kappa shape index (κ1) is 14.3. The van der Waals surface area contributed by atoms with Crippen molar-refractivity contribution in [3.8, 4) is 0 Å². The number of halogens is 2. The molecule has 0 spiro atoms. The molecule has 1 aliphatic rings. The number of hydrogen-bond acceptors (Lipinski definition) is 1. The van der Waals surface area contributed by atoms with Crippen LogP contribution in [-0.2, 0) is 0 Å². The van der Waals surface area contributed by atoms with Crippen LogP contribution in [-0.4, -0.2) is 11.9 Å². The molecule has 22 heavy (non-hydrogen) atoms. The Labute approximate surface area is 128 Å². The highest BCUT2D eigenvalue weighted by Gasteiger charge is 2.25. The van der Waals surface area contributed by atoms with Crippen molar-refractivity contribution in [1.29, 1.82) is 0 Å². The summed E-state index contributed by atoms with van der Waals surface area (Å²) in [5.74, 6) is -0.761. The average Bonchev–Trinajstić information content (AvgIpc) is 2.54. The minimum atomic E-state index is -0.415. The maximum atomic E-state index is 14.3. The Morgan fingerprint density at radius 2 is 1.55 bits per heavy atom. The van der Waals surface area contributed by atoms with Gasteiger partial charge < -0.3 is 4.90 Å². The zero-order chi connectivity index (χ0) is 15.7. The first-order valence-corrected chi connectivity index (χ1v) is 6.94. The first-order valence-electron chi connectivity index (χ1n) is 6.94. The van der Waals surface area contributed by atoms with Crippen molar-refractivity contribution in [2.45, 2.75) is 0 Å². The van der Waals surface area contributed by atoms with Crippen molar-refractivity contribution in [2.75, 3.05) is 7.05 Å². The smallest absolute Gasteiger partial charge is 0.146 e. The minimum Gasteiger partial charge on any atom is -0.342 e. The molecule has 3 heteroatoms. The quantitative estimate of drug-likeness (QED) is 0.753. The lowest BCUT2D eigenvalue weighted by atomic mass is 9.94. The first-order chi connectivity index (χ1) is 10.6. The van der Waals surface area contributed by atoms with Crippen LogP contribution in [0.4, 0.5) is 8.78 Å². The second-order valence-corrected chi connectivity index (χ2v) is 5.11. The standard InChI is InChI=1S/C19H15F2N/c1-13-18(21)12-16(14-8-4-3-5-9-14)19(22(13)2)15-10-6-7-11-17(15)20/h3-12H,1H2,2H3. The number of likely N-dealkylation sites (N-methyl/N-ethyl adjacent to an activating group) is 1. The fourth-order valence-electron chi connectivity index (χ4n) is 2.57. The highest BCUT2D eigenvalue weighted by Crippen LogP contribution is 2.39. The van der Waals surface area contributed by atoms with E-state index >= 15 is 0 Å². The maximum absolute atomic E-state index is 14.3. The lowest BCUT2D eigenvalue weighted by Gasteiger charge is -2.30. The number of rotatable bonds is 2. The molecule has 0 fully saturated rings. The third-order valence-electron chi connectivity index (χ3n) is 3.76. The largest absolute Gasteiger partial charge is 0.342 e. The monoisotopic (exact) mass is 295 g/mol. The van der Waals surface area contributed by atoms with Gasteiger partial charge in [-0.25, -0.2) is 8.78 Å². The zero-order valence-corrected chi connectivity index (χ0v) is 12.2. The molecular weight excluding hydrogens is 280 g/mol. The van der Waals surface area contributed by atoms with Gasteiger partial charge in [0.15, 0.2) is 0 Å². The molecular formula is C19H15F2N. The van der Waals surface area contributed by atoms with Crippen molar-refractivity contribution in [1.82, 2.24) is 4.90 Å². The van der Waals surface area contributed by atoms with Crippen LogP contribution < -0.4 is 0 Å². The molecule has 0 aromatic heterocycles. The van der Waals surface area contributed by atoms with E-state index in [1.54, 1.807) is 30.1 Å². The van der Waals surface area contributed by atoms with Crippen LogP contribution >= 0.6 is 0 Å². The molecule has 0 bridgehead atoms. The van der Waals surface area contributed by atoms with Crippen LogP contribution in [0.5, 0.6) is 0 Å². The van der Waals surface area contributed by atoms with Crippen LogP contribution in [0.3, 0.4) is 0 Å². The van der Waals surface area contributed by atoms with E-state index in [1.165, 1.54) is 12.1 Å².